The number of ether oxygens (including phenoxy) is 3. The fourth-order valence-electron chi connectivity index (χ4n) is 8.87. The summed E-state index contributed by atoms with van der Waals surface area (Å²) in [5.41, 5.74) is -1.16. The van der Waals surface area contributed by atoms with Crippen molar-refractivity contribution in [2.75, 3.05) is 31.7 Å². The molecule has 7 heterocycles. The van der Waals surface area contributed by atoms with Gasteiger partial charge in [0.15, 0.2) is 47.1 Å². The zero-order valence-corrected chi connectivity index (χ0v) is 39.2. The summed E-state index contributed by atoms with van der Waals surface area (Å²) in [5.74, 6) is -0.896. The van der Waals surface area contributed by atoms with Crippen LogP contribution in [0.5, 0.6) is 0 Å². The number of aromatic nitrogens is 9. The number of carbonyl (C=O) groups excluding carboxylic acids is 1. The Kier molecular flexibility index (Phi) is 14.7. The van der Waals surface area contributed by atoms with Crippen molar-refractivity contribution < 1.29 is 56.4 Å². The predicted molar refractivity (Wildman–Crippen MR) is 235 cm³/mol. The van der Waals surface area contributed by atoms with E-state index in [-0.39, 0.29) is 63.8 Å². The Hall–Kier alpha value is -5.23. The van der Waals surface area contributed by atoms with Crippen LogP contribution in [0, 0.1) is 12.5 Å². The van der Waals surface area contributed by atoms with Gasteiger partial charge in [0.2, 0.25) is 32.5 Å². The lowest BCUT2D eigenvalue weighted by Crippen LogP contribution is -2.54. The molecule has 1 amide bonds. The van der Waals surface area contributed by atoms with Gasteiger partial charge in [-0.05, 0) is 16.6 Å². The van der Waals surface area contributed by atoms with Gasteiger partial charge in [-0.1, -0.05) is 55.4 Å². The van der Waals surface area contributed by atoms with Crippen LogP contribution in [0.4, 0.5) is 15.1 Å². The van der Waals surface area contributed by atoms with Crippen LogP contribution in [0.25, 0.3) is 33.0 Å². The molecule has 7 rings (SSSR count). The molecule has 5 aromatic heterocycles. The van der Waals surface area contributed by atoms with Gasteiger partial charge in [0.05, 0.1) is 25.9 Å². The summed E-state index contributed by atoms with van der Waals surface area (Å²) >= 11 is 0. The number of aromatic amines is 2. The standard InChI is InChI=1S/C39H53FN11O13PSi/c1-18(2)31(53)46-37-45-30-25(32(54)47-37)43-16-50(30)35-28(24(40)22(14-52)60-35)63-65(58-13-11-41-9)59-15-23-27(62-39(56)57)29(64-66(19(3)4,20(5)6)21(7)8)36(61-23)51-17-44-26-33(55)48-38-42-10-12-49(38)34(26)51/h10,12,16-24,27-29,35-36,52H,11,13-15H2,1-8H3,(H,56,57)(H,42,48,55)(H2,45,46,47,53,54)/t22-,23-,24-,27-,28-,29-,35-,36-,65?/m1/s1. The number of carboxylic acid groups (broad SMARTS) is 1. The maximum atomic E-state index is 16.4. The minimum Gasteiger partial charge on any atom is -0.450 e. The predicted octanol–water partition coefficient (Wildman–Crippen LogP) is 4.41. The number of aliphatic hydroxyl groups excluding tert-OH is 1. The monoisotopic (exact) mass is 961 g/mol. The van der Waals surface area contributed by atoms with Crippen LogP contribution in [0.15, 0.2) is 34.6 Å². The number of imidazole rings is 3. The molecule has 24 nitrogen and oxygen atoms in total. The number of halogens is 1. The molecule has 0 aliphatic carbocycles. The van der Waals surface area contributed by atoms with Crippen molar-refractivity contribution in [2.45, 2.75) is 121 Å². The van der Waals surface area contributed by atoms with E-state index < -0.39 is 108 Å². The molecule has 9 atom stereocenters. The van der Waals surface area contributed by atoms with Crippen molar-refractivity contribution in [3.63, 3.8) is 0 Å². The van der Waals surface area contributed by atoms with Crippen LogP contribution in [0.2, 0.25) is 16.6 Å². The molecule has 358 valence electrons. The Morgan fingerprint density at radius 2 is 1.59 bits per heavy atom. The molecule has 2 aliphatic rings. The van der Waals surface area contributed by atoms with E-state index in [0.29, 0.717) is 0 Å². The zero-order chi connectivity index (χ0) is 47.8. The Labute approximate surface area is 378 Å². The number of hydrogen-bond acceptors (Lipinski definition) is 16. The van der Waals surface area contributed by atoms with Crippen LogP contribution in [0.3, 0.4) is 0 Å². The van der Waals surface area contributed by atoms with Gasteiger partial charge >= 0.3 is 14.8 Å². The van der Waals surface area contributed by atoms with Crippen molar-refractivity contribution in [3.05, 3.63) is 57.2 Å². The van der Waals surface area contributed by atoms with Gasteiger partial charge in [-0.15, -0.1) is 0 Å². The van der Waals surface area contributed by atoms with E-state index in [4.69, 9.17) is 38.8 Å². The van der Waals surface area contributed by atoms with Gasteiger partial charge in [0.25, 0.3) is 11.1 Å². The Balaban J connectivity index is 1.25. The number of aliphatic hydroxyl groups is 1. The maximum absolute atomic E-state index is 16.4. The van der Waals surface area contributed by atoms with Crippen molar-refractivity contribution in [2.24, 2.45) is 5.92 Å². The second-order valence-corrected chi connectivity index (χ2v) is 23.7. The molecular weight excluding hydrogens is 909 g/mol. The van der Waals surface area contributed by atoms with Crippen molar-refractivity contribution in [1.29, 1.82) is 0 Å². The van der Waals surface area contributed by atoms with Crippen molar-refractivity contribution >= 4 is 63.0 Å². The molecule has 0 aromatic carbocycles. The van der Waals surface area contributed by atoms with Crippen LogP contribution in [-0.2, 0) is 37.0 Å². The fraction of sp³-hybridized carbons (Fsp3) is 0.615. The number of H-pyrrole nitrogens is 2. The Morgan fingerprint density at radius 3 is 2.24 bits per heavy atom. The number of carbonyl (C=O) groups is 2. The third kappa shape index (κ3) is 9.23. The number of alkyl halides is 1. The highest BCUT2D eigenvalue weighted by Crippen LogP contribution is 2.50. The second kappa shape index (κ2) is 19.9. The maximum Gasteiger partial charge on any atom is 0.506 e. The summed E-state index contributed by atoms with van der Waals surface area (Å²) in [6, 6.07) is 0. The van der Waals surface area contributed by atoms with Gasteiger partial charge in [-0.25, -0.2) is 30.7 Å². The van der Waals surface area contributed by atoms with Crippen LogP contribution < -0.4 is 16.4 Å². The van der Waals surface area contributed by atoms with Gasteiger partial charge in [-0.2, -0.15) is 4.98 Å². The highest BCUT2D eigenvalue weighted by atomic mass is 31.2. The molecule has 5 aromatic rings. The summed E-state index contributed by atoms with van der Waals surface area (Å²) in [6.45, 7) is 21.3. The lowest BCUT2D eigenvalue weighted by atomic mass is 10.1. The second-order valence-electron chi connectivity index (χ2n) is 17.1. The molecule has 0 spiro atoms. The van der Waals surface area contributed by atoms with E-state index in [0.717, 1.165) is 6.33 Å². The number of hydrogen-bond donors (Lipinski definition) is 5. The van der Waals surface area contributed by atoms with Crippen molar-refractivity contribution in [3.8, 4) is 0 Å². The van der Waals surface area contributed by atoms with Gasteiger partial charge in [-0.3, -0.25) is 43.2 Å². The highest BCUT2D eigenvalue weighted by molar-refractivity contribution is 7.41. The first-order chi connectivity index (χ1) is 31.4. The third-order valence-corrected chi connectivity index (χ3v) is 19.1. The van der Waals surface area contributed by atoms with Crippen LogP contribution in [-0.4, -0.2) is 137 Å². The number of fused-ring (bicyclic) bond motifs is 4. The highest BCUT2D eigenvalue weighted by Gasteiger charge is 2.56. The van der Waals surface area contributed by atoms with E-state index in [1.165, 1.54) is 17.1 Å². The van der Waals surface area contributed by atoms with Gasteiger partial charge < -0.3 is 47.3 Å². The molecule has 0 bridgehead atoms. The summed E-state index contributed by atoms with van der Waals surface area (Å²) in [6.07, 6.45) is -7.51. The van der Waals surface area contributed by atoms with Crippen molar-refractivity contribution in [1.82, 2.24) is 43.4 Å². The minimum atomic E-state index is -2.89. The van der Waals surface area contributed by atoms with E-state index in [1.807, 2.05) is 0 Å². The number of nitrogens with one attached hydrogen (secondary N) is 3. The Bertz CT molecular complexity index is 2680. The molecular formula is C39H53FN11O13PSi. The van der Waals surface area contributed by atoms with Gasteiger partial charge in [0.1, 0.15) is 31.0 Å². The first-order valence-corrected chi connectivity index (χ1v) is 24.5. The quantitative estimate of drug-likeness (QED) is 0.0252. The number of nitrogens with zero attached hydrogens (tertiary/aromatic N) is 8. The van der Waals surface area contributed by atoms with E-state index in [1.54, 1.807) is 29.0 Å². The summed E-state index contributed by atoms with van der Waals surface area (Å²) in [4.78, 5) is 76.9. The number of rotatable bonds is 19. The average molecular weight is 962 g/mol. The van der Waals surface area contributed by atoms with E-state index in [2.05, 4.69) is 81.6 Å². The largest absolute Gasteiger partial charge is 0.506 e. The fourth-order valence-corrected chi connectivity index (χ4v) is 15.5. The normalized spacial score (nSPS) is 24.1. The van der Waals surface area contributed by atoms with Gasteiger partial charge in [0, 0.05) is 18.3 Å². The molecule has 0 saturated carbocycles. The lowest BCUT2D eigenvalue weighted by molar-refractivity contribution is -0.118. The first-order valence-electron chi connectivity index (χ1n) is 21.3. The summed E-state index contributed by atoms with van der Waals surface area (Å²) in [5, 5.41) is 22.9. The molecule has 2 saturated heterocycles. The topological polar surface area (TPSA) is 287 Å². The zero-order valence-electron chi connectivity index (χ0n) is 37.4. The summed E-state index contributed by atoms with van der Waals surface area (Å²) < 4.78 is 64.6. The molecule has 2 aliphatic heterocycles. The first kappa shape index (κ1) is 48.7. The SMILES string of the molecule is [C-]#[N+]CCOP(OC[C@H]1O[C@@H](n2cnc3c(=O)[nH]c4nccn4c32)[C@H](O[Si](C(C)C)(C(C)C)C(C)C)[C@@H]1OC(=O)O)O[C@@H]1[C@H](F)[C@@H](CO)O[C@H]1n1cnc2c(=O)[nH]c(NC(=O)C(C)C)nc21. The number of amides is 1. The van der Waals surface area contributed by atoms with E-state index in [9.17, 15) is 29.4 Å². The molecule has 27 heteroatoms. The molecule has 66 heavy (non-hydrogen) atoms. The minimum absolute atomic E-state index is 0.0169. The van der Waals surface area contributed by atoms with Crippen LogP contribution in [0.1, 0.15) is 67.8 Å². The average Bonchev–Trinajstić information content (AvgIpc) is 4.09. The molecule has 0 radical (unpaired) electrons. The molecule has 1 unspecified atom stereocenters. The number of anilines is 1. The molecule has 5 N–H and O–H groups in total. The smallest absolute Gasteiger partial charge is 0.450 e. The summed E-state index contributed by atoms with van der Waals surface area (Å²) in [7, 11) is -5.55. The molecule has 2 fully saturated rings. The third-order valence-electron chi connectivity index (χ3n) is 11.8. The lowest BCUT2D eigenvalue weighted by Gasteiger charge is -2.45. The van der Waals surface area contributed by atoms with E-state index >= 15 is 4.39 Å². The van der Waals surface area contributed by atoms with Crippen LogP contribution >= 0.6 is 8.60 Å². The Morgan fingerprint density at radius 1 is 0.939 bits per heavy atom.